The van der Waals surface area contributed by atoms with E-state index in [0.29, 0.717) is 10.7 Å². The van der Waals surface area contributed by atoms with Crippen molar-refractivity contribution in [2.24, 2.45) is 0 Å². The Morgan fingerprint density at radius 3 is 2.89 bits per heavy atom. The van der Waals surface area contributed by atoms with Gasteiger partial charge in [0.05, 0.1) is 5.69 Å². The smallest absolute Gasteiger partial charge is 0.257 e. The molecule has 19 heavy (non-hydrogen) atoms. The number of carbonyl (C=O) groups is 1. The number of aromatic nitrogens is 1. The topological polar surface area (TPSA) is 54.0 Å². The minimum absolute atomic E-state index is 0.119. The maximum atomic E-state index is 12.1. The number of nitrogens with one attached hydrogen (secondary N) is 2. The number of anilines is 1. The quantitative estimate of drug-likeness (QED) is 0.885. The summed E-state index contributed by atoms with van der Waals surface area (Å²) in [5.74, 6) is -0.119. The molecule has 1 aliphatic rings. The van der Waals surface area contributed by atoms with Crippen LogP contribution in [-0.4, -0.2) is 17.4 Å². The van der Waals surface area contributed by atoms with Gasteiger partial charge in [0.15, 0.2) is 5.13 Å². The van der Waals surface area contributed by atoms with Crippen molar-refractivity contribution in [1.29, 1.82) is 0 Å². The zero-order valence-corrected chi connectivity index (χ0v) is 12.5. The van der Waals surface area contributed by atoms with Gasteiger partial charge in [0.25, 0.3) is 5.91 Å². The van der Waals surface area contributed by atoms with Crippen molar-refractivity contribution in [2.75, 3.05) is 11.9 Å². The molecule has 0 fully saturated rings. The molecule has 0 saturated heterocycles. The number of benzene rings is 1. The van der Waals surface area contributed by atoms with Gasteiger partial charge in [0.2, 0.25) is 0 Å². The summed E-state index contributed by atoms with van der Waals surface area (Å²) in [6.07, 6.45) is 0.931. The van der Waals surface area contributed by atoms with Crippen LogP contribution >= 0.6 is 27.3 Å². The molecule has 1 aromatic carbocycles. The normalized spacial score (nSPS) is 13.9. The Labute approximate surface area is 123 Å². The zero-order chi connectivity index (χ0) is 13.2. The fraction of sp³-hybridized carbons (Fsp3) is 0.231. The summed E-state index contributed by atoms with van der Waals surface area (Å²) in [5, 5.41) is 6.84. The lowest BCUT2D eigenvalue weighted by atomic mass is 10.2. The third-order valence-electron chi connectivity index (χ3n) is 2.93. The van der Waals surface area contributed by atoms with Crippen LogP contribution < -0.4 is 10.6 Å². The molecule has 0 saturated carbocycles. The van der Waals surface area contributed by atoms with Crippen molar-refractivity contribution >= 4 is 38.3 Å². The Balaban J connectivity index is 1.75. The van der Waals surface area contributed by atoms with Gasteiger partial charge in [-0.05, 0) is 24.3 Å². The van der Waals surface area contributed by atoms with Crippen molar-refractivity contribution < 1.29 is 4.79 Å². The van der Waals surface area contributed by atoms with Gasteiger partial charge in [-0.2, -0.15) is 0 Å². The summed E-state index contributed by atoms with van der Waals surface area (Å²) < 4.78 is 0.958. The van der Waals surface area contributed by atoms with Gasteiger partial charge in [0.1, 0.15) is 0 Å². The summed E-state index contributed by atoms with van der Waals surface area (Å²) in [6.45, 7) is 1.80. The van der Waals surface area contributed by atoms with E-state index in [1.54, 1.807) is 23.5 Å². The van der Waals surface area contributed by atoms with Gasteiger partial charge in [-0.25, -0.2) is 4.98 Å². The SMILES string of the molecule is O=C(Nc1nc2c(s1)CNCC2)c1ccc(Br)cc1. The van der Waals surface area contributed by atoms with Gasteiger partial charge in [-0.1, -0.05) is 15.9 Å². The first kappa shape index (κ1) is 12.8. The van der Waals surface area contributed by atoms with Crippen LogP contribution in [-0.2, 0) is 13.0 Å². The molecule has 98 valence electrons. The van der Waals surface area contributed by atoms with Crippen LogP contribution in [0.2, 0.25) is 0 Å². The van der Waals surface area contributed by atoms with E-state index in [2.05, 4.69) is 31.5 Å². The van der Waals surface area contributed by atoms with Crippen LogP contribution in [0.1, 0.15) is 20.9 Å². The number of hydrogen-bond donors (Lipinski definition) is 2. The molecule has 0 spiro atoms. The number of nitrogens with zero attached hydrogens (tertiary/aromatic N) is 1. The Bertz CT molecular complexity index is 585. The first-order valence-electron chi connectivity index (χ1n) is 5.98. The minimum Gasteiger partial charge on any atom is -0.311 e. The highest BCUT2D eigenvalue weighted by Crippen LogP contribution is 2.25. The zero-order valence-electron chi connectivity index (χ0n) is 10.1. The molecule has 3 rings (SSSR count). The number of carbonyl (C=O) groups excluding carboxylic acids is 1. The summed E-state index contributed by atoms with van der Waals surface area (Å²) in [6, 6.07) is 7.28. The molecular weight excluding hydrogens is 326 g/mol. The fourth-order valence-electron chi connectivity index (χ4n) is 1.95. The molecule has 2 aromatic rings. The predicted octanol–water partition coefficient (Wildman–Crippen LogP) is 2.80. The van der Waals surface area contributed by atoms with Gasteiger partial charge in [-0.3, -0.25) is 10.1 Å². The highest BCUT2D eigenvalue weighted by Gasteiger charge is 2.16. The van der Waals surface area contributed by atoms with Crippen molar-refractivity contribution in [1.82, 2.24) is 10.3 Å². The number of halogens is 1. The van der Waals surface area contributed by atoms with E-state index in [1.807, 2.05) is 12.1 Å². The third kappa shape index (κ3) is 2.86. The molecule has 0 atom stereocenters. The fourth-order valence-corrected chi connectivity index (χ4v) is 3.19. The van der Waals surface area contributed by atoms with Crippen molar-refractivity contribution in [3.8, 4) is 0 Å². The number of amides is 1. The number of thiazole rings is 1. The van der Waals surface area contributed by atoms with E-state index in [0.717, 1.165) is 29.7 Å². The van der Waals surface area contributed by atoms with Crippen LogP contribution in [0.25, 0.3) is 0 Å². The Kier molecular flexibility index (Phi) is 3.63. The summed E-state index contributed by atoms with van der Waals surface area (Å²) in [7, 11) is 0. The lowest BCUT2D eigenvalue weighted by Gasteiger charge is -2.09. The monoisotopic (exact) mass is 337 g/mol. The van der Waals surface area contributed by atoms with Crippen molar-refractivity contribution in [3.63, 3.8) is 0 Å². The Morgan fingerprint density at radius 1 is 1.37 bits per heavy atom. The van der Waals surface area contributed by atoms with Crippen LogP contribution in [0.4, 0.5) is 5.13 Å². The largest absolute Gasteiger partial charge is 0.311 e. The molecule has 0 bridgehead atoms. The molecule has 0 aliphatic carbocycles. The number of fused-ring (bicyclic) bond motifs is 1. The summed E-state index contributed by atoms with van der Waals surface area (Å²) >= 11 is 4.90. The molecule has 1 aliphatic heterocycles. The van der Waals surface area contributed by atoms with E-state index >= 15 is 0 Å². The van der Waals surface area contributed by atoms with Crippen LogP contribution in [0.5, 0.6) is 0 Å². The molecular formula is C13H12BrN3OS. The molecule has 4 nitrogen and oxygen atoms in total. The van der Waals surface area contributed by atoms with E-state index in [9.17, 15) is 4.79 Å². The van der Waals surface area contributed by atoms with Crippen LogP contribution in [0.15, 0.2) is 28.7 Å². The van der Waals surface area contributed by atoms with E-state index < -0.39 is 0 Å². The summed E-state index contributed by atoms with van der Waals surface area (Å²) in [5.41, 5.74) is 1.74. The Morgan fingerprint density at radius 2 is 2.16 bits per heavy atom. The molecule has 1 aromatic heterocycles. The van der Waals surface area contributed by atoms with Gasteiger partial charge >= 0.3 is 0 Å². The molecule has 0 unspecified atom stereocenters. The second-order valence-corrected chi connectivity index (χ2v) is 6.28. The highest BCUT2D eigenvalue weighted by molar-refractivity contribution is 9.10. The van der Waals surface area contributed by atoms with E-state index in [1.165, 1.54) is 4.88 Å². The Hall–Kier alpha value is -1.24. The second kappa shape index (κ2) is 5.40. The second-order valence-electron chi connectivity index (χ2n) is 4.28. The summed E-state index contributed by atoms with van der Waals surface area (Å²) in [4.78, 5) is 17.8. The van der Waals surface area contributed by atoms with Gasteiger partial charge in [0, 0.05) is 34.4 Å². The van der Waals surface area contributed by atoms with E-state index in [4.69, 9.17) is 0 Å². The number of rotatable bonds is 2. The standard InChI is InChI=1S/C13H12BrN3OS/c14-9-3-1-8(2-4-9)12(18)17-13-16-10-5-6-15-7-11(10)19-13/h1-4,15H,5-7H2,(H,16,17,18). The first-order chi connectivity index (χ1) is 9.22. The first-order valence-corrected chi connectivity index (χ1v) is 7.59. The third-order valence-corrected chi connectivity index (χ3v) is 4.47. The van der Waals surface area contributed by atoms with Crippen LogP contribution in [0, 0.1) is 0 Å². The maximum Gasteiger partial charge on any atom is 0.257 e. The average molecular weight is 338 g/mol. The molecule has 6 heteroatoms. The molecule has 2 N–H and O–H groups in total. The van der Waals surface area contributed by atoms with Crippen molar-refractivity contribution in [3.05, 3.63) is 44.9 Å². The van der Waals surface area contributed by atoms with Gasteiger partial charge in [-0.15, -0.1) is 11.3 Å². The minimum atomic E-state index is -0.119. The lowest BCUT2D eigenvalue weighted by molar-refractivity contribution is 0.102. The molecule has 1 amide bonds. The molecule has 2 heterocycles. The number of hydrogen-bond acceptors (Lipinski definition) is 4. The van der Waals surface area contributed by atoms with Gasteiger partial charge < -0.3 is 5.32 Å². The van der Waals surface area contributed by atoms with E-state index in [-0.39, 0.29) is 5.91 Å². The lowest BCUT2D eigenvalue weighted by Crippen LogP contribution is -2.22. The average Bonchev–Trinajstić information content (AvgIpc) is 2.81. The molecule has 0 radical (unpaired) electrons. The predicted molar refractivity (Wildman–Crippen MR) is 79.6 cm³/mol. The highest BCUT2D eigenvalue weighted by atomic mass is 79.9. The maximum absolute atomic E-state index is 12.1. The van der Waals surface area contributed by atoms with Crippen LogP contribution in [0.3, 0.4) is 0 Å². The van der Waals surface area contributed by atoms with Crippen molar-refractivity contribution in [2.45, 2.75) is 13.0 Å².